The molecule has 0 unspecified atom stereocenters. The van der Waals surface area contributed by atoms with E-state index in [0.717, 1.165) is 13.0 Å². The molecule has 134 valence electrons. The SMILES string of the molecule is C[C@H]1CCC[C@]2(C)C[C@H]3OC(=O)[C@H](CNCc4ccccc4)[C@H]3C=C12. The first-order chi connectivity index (χ1) is 12.1. The summed E-state index contributed by atoms with van der Waals surface area (Å²) in [6.45, 7) is 6.22. The van der Waals surface area contributed by atoms with Crippen molar-refractivity contribution in [3.05, 3.63) is 47.5 Å². The number of hydrogen-bond acceptors (Lipinski definition) is 3. The maximum atomic E-state index is 12.5. The first-order valence-corrected chi connectivity index (χ1v) is 9.74. The van der Waals surface area contributed by atoms with Crippen molar-refractivity contribution in [3.63, 3.8) is 0 Å². The second-order valence-electron chi connectivity index (χ2n) is 8.46. The Labute approximate surface area is 150 Å². The van der Waals surface area contributed by atoms with Gasteiger partial charge >= 0.3 is 5.97 Å². The molecule has 0 amide bonds. The van der Waals surface area contributed by atoms with Crippen molar-refractivity contribution in [2.24, 2.45) is 23.2 Å². The van der Waals surface area contributed by atoms with Crippen molar-refractivity contribution >= 4 is 5.97 Å². The molecule has 1 saturated carbocycles. The number of carbonyl (C=O) groups is 1. The van der Waals surface area contributed by atoms with E-state index in [1.807, 2.05) is 18.2 Å². The predicted octanol–water partition coefficient (Wildman–Crippen LogP) is 4.09. The molecule has 25 heavy (non-hydrogen) atoms. The summed E-state index contributed by atoms with van der Waals surface area (Å²) in [5, 5.41) is 3.47. The van der Waals surface area contributed by atoms with Gasteiger partial charge in [0.25, 0.3) is 0 Å². The number of hydrogen-bond donors (Lipinski definition) is 1. The summed E-state index contributed by atoms with van der Waals surface area (Å²) < 4.78 is 5.81. The lowest BCUT2D eigenvalue weighted by Gasteiger charge is -2.46. The number of ether oxygens (including phenoxy) is 1. The molecular weight excluding hydrogens is 310 g/mol. The van der Waals surface area contributed by atoms with Crippen molar-refractivity contribution in [3.8, 4) is 0 Å². The van der Waals surface area contributed by atoms with Crippen LogP contribution in [0.3, 0.4) is 0 Å². The Kier molecular flexibility index (Phi) is 4.45. The van der Waals surface area contributed by atoms with Crippen LogP contribution in [0.5, 0.6) is 0 Å². The minimum absolute atomic E-state index is 0.0117. The minimum atomic E-state index is -0.0418. The van der Waals surface area contributed by atoms with Crippen LogP contribution in [0.15, 0.2) is 42.0 Å². The molecule has 2 fully saturated rings. The van der Waals surface area contributed by atoms with Crippen LogP contribution in [0.1, 0.15) is 45.1 Å². The van der Waals surface area contributed by atoms with E-state index < -0.39 is 0 Å². The molecule has 1 aromatic rings. The zero-order chi connectivity index (χ0) is 17.4. The van der Waals surface area contributed by atoms with Gasteiger partial charge in [0.05, 0.1) is 5.92 Å². The van der Waals surface area contributed by atoms with Crippen molar-refractivity contribution in [1.29, 1.82) is 0 Å². The maximum absolute atomic E-state index is 12.5. The molecule has 4 rings (SSSR count). The molecule has 5 atom stereocenters. The van der Waals surface area contributed by atoms with Crippen LogP contribution >= 0.6 is 0 Å². The van der Waals surface area contributed by atoms with Gasteiger partial charge in [-0.2, -0.15) is 0 Å². The second kappa shape index (κ2) is 6.60. The van der Waals surface area contributed by atoms with E-state index >= 15 is 0 Å². The summed E-state index contributed by atoms with van der Waals surface area (Å²) in [6.07, 6.45) is 7.33. The Morgan fingerprint density at radius 3 is 2.88 bits per heavy atom. The first-order valence-electron chi connectivity index (χ1n) is 9.74. The molecule has 0 bridgehead atoms. The number of rotatable bonds is 4. The van der Waals surface area contributed by atoms with Gasteiger partial charge in [0.1, 0.15) is 6.10 Å². The van der Waals surface area contributed by atoms with Crippen molar-refractivity contribution < 1.29 is 9.53 Å². The Bertz CT molecular complexity index is 668. The summed E-state index contributed by atoms with van der Waals surface area (Å²) in [5.41, 5.74) is 3.08. The topological polar surface area (TPSA) is 38.3 Å². The summed E-state index contributed by atoms with van der Waals surface area (Å²) in [5.74, 6) is 0.843. The van der Waals surface area contributed by atoms with E-state index in [1.54, 1.807) is 5.57 Å². The number of fused-ring (bicyclic) bond motifs is 2. The van der Waals surface area contributed by atoms with Gasteiger partial charge in [0.15, 0.2) is 0 Å². The smallest absolute Gasteiger partial charge is 0.311 e. The summed E-state index contributed by atoms with van der Waals surface area (Å²) in [7, 11) is 0. The average molecular weight is 339 g/mol. The second-order valence-corrected chi connectivity index (χ2v) is 8.46. The Morgan fingerprint density at radius 1 is 1.28 bits per heavy atom. The first kappa shape index (κ1) is 16.8. The van der Waals surface area contributed by atoms with E-state index in [0.29, 0.717) is 12.5 Å². The van der Waals surface area contributed by atoms with E-state index in [9.17, 15) is 4.79 Å². The zero-order valence-corrected chi connectivity index (χ0v) is 15.3. The summed E-state index contributed by atoms with van der Waals surface area (Å²) >= 11 is 0. The van der Waals surface area contributed by atoms with Crippen LogP contribution in [-0.2, 0) is 16.1 Å². The largest absolute Gasteiger partial charge is 0.461 e. The fourth-order valence-corrected chi connectivity index (χ4v) is 5.25. The predicted molar refractivity (Wildman–Crippen MR) is 98.8 cm³/mol. The Morgan fingerprint density at radius 2 is 2.08 bits per heavy atom. The molecule has 1 aliphatic heterocycles. The third kappa shape index (κ3) is 3.15. The van der Waals surface area contributed by atoms with E-state index in [1.165, 1.54) is 24.8 Å². The molecule has 3 nitrogen and oxygen atoms in total. The summed E-state index contributed by atoms with van der Waals surface area (Å²) in [6, 6.07) is 10.3. The standard InChI is InChI=1S/C22H29NO2/c1-15-7-6-10-22(2)12-20-17(11-19(15)22)18(21(24)25-20)14-23-13-16-8-4-3-5-9-16/h3-5,8-9,11,15,17-18,20,23H,6-7,10,12-14H2,1-2H3/t15-,17+,18+,20+,22+/m0/s1. The Hall–Kier alpha value is -1.61. The number of allylic oxidation sites excluding steroid dienone is 1. The van der Waals surface area contributed by atoms with Crippen LogP contribution in [-0.4, -0.2) is 18.6 Å². The van der Waals surface area contributed by atoms with Gasteiger partial charge in [0.2, 0.25) is 0 Å². The van der Waals surface area contributed by atoms with Crippen molar-refractivity contribution in [1.82, 2.24) is 5.32 Å². The van der Waals surface area contributed by atoms with Crippen molar-refractivity contribution in [2.75, 3.05) is 6.54 Å². The maximum Gasteiger partial charge on any atom is 0.311 e. The van der Waals surface area contributed by atoms with Crippen LogP contribution in [0.25, 0.3) is 0 Å². The molecule has 0 spiro atoms. The van der Waals surface area contributed by atoms with Gasteiger partial charge < -0.3 is 10.1 Å². The molecule has 0 aromatic heterocycles. The van der Waals surface area contributed by atoms with Gasteiger partial charge in [-0.1, -0.05) is 62.2 Å². The molecule has 2 aliphatic carbocycles. The van der Waals surface area contributed by atoms with Crippen LogP contribution in [0, 0.1) is 23.2 Å². The molecule has 3 aliphatic rings. The lowest BCUT2D eigenvalue weighted by Crippen LogP contribution is -2.40. The highest BCUT2D eigenvalue weighted by atomic mass is 16.6. The van der Waals surface area contributed by atoms with Crippen LogP contribution in [0.2, 0.25) is 0 Å². The fourth-order valence-electron chi connectivity index (χ4n) is 5.25. The van der Waals surface area contributed by atoms with E-state index in [2.05, 4.69) is 37.4 Å². The fraction of sp³-hybridized carbons (Fsp3) is 0.591. The van der Waals surface area contributed by atoms with E-state index in [4.69, 9.17) is 4.74 Å². The van der Waals surface area contributed by atoms with Gasteiger partial charge in [-0.25, -0.2) is 0 Å². The number of benzene rings is 1. The molecule has 1 saturated heterocycles. The van der Waals surface area contributed by atoms with Crippen molar-refractivity contribution in [2.45, 2.75) is 52.2 Å². The highest BCUT2D eigenvalue weighted by Gasteiger charge is 2.51. The molecular formula is C22H29NO2. The number of carbonyl (C=O) groups excluding carboxylic acids is 1. The number of nitrogens with one attached hydrogen (secondary N) is 1. The zero-order valence-electron chi connectivity index (χ0n) is 15.3. The molecule has 0 radical (unpaired) electrons. The van der Waals surface area contributed by atoms with Gasteiger partial charge in [0, 0.05) is 19.0 Å². The molecule has 1 heterocycles. The van der Waals surface area contributed by atoms with Gasteiger partial charge in [-0.3, -0.25) is 4.79 Å². The van der Waals surface area contributed by atoms with Gasteiger partial charge in [-0.05, 0) is 36.2 Å². The highest BCUT2D eigenvalue weighted by Crippen LogP contribution is 2.53. The number of esters is 1. The average Bonchev–Trinajstić information content (AvgIpc) is 2.88. The molecule has 3 heteroatoms. The third-order valence-electron chi connectivity index (χ3n) is 6.62. The van der Waals surface area contributed by atoms with Crippen LogP contribution < -0.4 is 5.32 Å². The quantitative estimate of drug-likeness (QED) is 0.663. The van der Waals surface area contributed by atoms with E-state index in [-0.39, 0.29) is 29.3 Å². The third-order valence-corrected chi connectivity index (χ3v) is 6.62. The van der Waals surface area contributed by atoms with Gasteiger partial charge in [-0.15, -0.1) is 0 Å². The highest BCUT2D eigenvalue weighted by molar-refractivity contribution is 5.76. The Balaban J connectivity index is 1.47. The molecule has 1 aromatic carbocycles. The molecule has 1 N–H and O–H groups in total. The minimum Gasteiger partial charge on any atom is -0.461 e. The van der Waals surface area contributed by atoms with Crippen LogP contribution in [0.4, 0.5) is 0 Å². The lowest BCUT2D eigenvalue weighted by atomic mass is 9.59. The normalized spacial score (nSPS) is 37.0. The lowest BCUT2D eigenvalue weighted by molar-refractivity contribution is -0.145. The summed E-state index contributed by atoms with van der Waals surface area (Å²) in [4.78, 5) is 12.5. The monoisotopic (exact) mass is 339 g/mol.